The third kappa shape index (κ3) is 3.65. The number of likely N-dealkylation sites (N-methyl/N-ethyl adjacent to an activating group) is 1. The van der Waals surface area contributed by atoms with Crippen LogP contribution in [0.4, 0.5) is 4.39 Å². The molecule has 1 aromatic carbocycles. The molecule has 2 aliphatic heterocycles. The fraction of sp³-hybridized carbons (Fsp3) is 0.588. The van der Waals surface area contributed by atoms with Crippen molar-refractivity contribution in [3.63, 3.8) is 0 Å². The number of rotatable bonds is 4. The molecule has 5 heteroatoms. The second-order valence-corrected chi connectivity index (χ2v) is 6.46. The molecule has 0 aromatic heterocycles. The van der Waals surface area contributed by atoms with E-state index in [0.29, 0.717) is 12.5 Å². The first-order chi connectivity index (χ1) is 10.6. The van der Waals surface area contributed by atoms with Gasteiger partial charge < -0.3 is 9.80 Å². The van der Waals surface area contributed by atoms with Crippen LogP contribution in [0.3, 0.4) is 0 Å². The highest BCUT2D eigenvalue weighted by atomic mass is 19.1. The molecule has 0 bridgehead atoms. The van der Waals surface area contributed by atoms with Gasteiger partial charge in [0.15, 0.2) is 0 Å². The number of hydrogen-bond donors (Lipinski definition) is 0. The molecule has 0 radical (unpaired) electrons. The monoisotopic (exact) mass is 305 g/mol. The molecule has 2 heterocycles. The average molecular weight is 305 g/mol. The van der Waals surface area contributed by atoms with Gasteiger partial charge in [0, 0.05) is 51.7 Å². The summed E-state index contributed by atoms with van der Waals surface area (Å²) in [5.74, 6) is 0.0938. The van der Waals surface area contributed by atoms with Crippen LogP contribution in [0.15, 0.2) is 24.3 Å². The Morgan fingerprint density at radius 1 is 1.18 bits per heavy atom. The zero-order valence-corrected chi connectivity index (χ0v) is 13.2. The van der Waals surface area contributed by atoms with Gasteiger partial charge in [-0.1, -0.05) is 12.1 Å². The maximum atomic E-state index is 13.0. The Balaban J connectivity index is 1.66. The van der Waals surface area contributed by atoms with Gasteiger partial charge in [0.25, 0.3) is 0 Å². The molecule has 2 fully saturated rings. The van der Waals surface area contributed by atoms with E-state index in [4.69, 9.17) is 0 Å². The van der Waals surface area contributed by atoms with E-state index in [9.17, 15) is 9.18 Å². The highest BCUT2D eigenvalue weighted by Gasteiger charge is 2.30. The smallest absolute Gasteiger partial charge is 0.222 e. The van der Waals surface area contributed by atoms with Gasteiger partial charge in [-0.25, -0.2) is 4.39 Å². The summed E-state index contributed by atoms with van der Waals surface area (Å²) in [7, 11) is 2.13. The van der Waals surface area contributed by atoms with Crippen molar-refractivity contribution in [3.8, 4) is 0 Å². The lowest BCUT2D eigenvalue weighted by atomic mass is 10.1. The molecular weight excluding hydrogens is 281 g/mol. The van der Waals surface area contributed by atoms with Crippen molar-refractivity contribution in [1.29, 1.82) is 0 Å². The summed E-state index contributed by atoms with van der Waals surface area (Å²) >= 11 is 0. The fourth-order valence-corrected chi connectivity index (χ4v) is 3.41. The summed E-state index contributed by atoms with van der Waals surface area (Å²) in [6, 6.07) is 7.09. The Labute approximate surface area is 131 Å². The predicted molar refractivity (Wildman–Crippen MR) is 83.9 cm³/mol. The van der Waals surface area contributed by atoms with Crippen LogP contribution in [0.2, 0.25) is 0 Å². The summed E-state index contributed by atoms with van der Waals surface area (Å²) in [6.45, 7) is 5.52. The van der Waals surface area contributed by atoms with Crippen molar-refractivity contribution in [2.24, 2.45) is 0 Å². The second kappa shape index (κ2) is 6.75. The summed E-state index contributed by atoms with van der Waals surface area (Å²) < 4.78 is 13.0. The number of hydrogen-bond acceptors (Lipinski definition) is 3. The van der Waals surface area contributed by atoms with Crippen molar-refractivity contribution in [1.82, 2.24) is 14.7 Å². The van der Waals surface area contributed by atoms with Crippen LogP contribution in [0.25, 0.3) is 0 Å². The van der Waals surface area contributed by atoms with Crippen LogP contribution in [0.1, 0.15) is 18.4 Å². The first-order valence-electron chi connectivity index (χ1n) is 8.06. The number of carbonyl (C=O) groups excluding carboxylic acids is 1. The predicted octanol–water partition coefficient (Wildman–Crippen LogP) is 1.56. The molecule has 120 valence electrons. The van der Waals surface area contributed by atoms with Crippen molar-refractivity contribution in [2.75, 3.05) is 39.8 Å². The molecule has 0 spiro atoms. The molecule has 2 aliphatic rings. The van der Waals surface area contributed by atoms with Gasteiger partial charge in [-0.05, 0) is 31.2 Å². The van der Waals surface area contributed by atoms with Gasteiger partial charge in [-0.2, -0.15) is 0 Å². The number of amides is 1. The lowest BCUT2D eigenvalue weighted by molar-refractivity contribution is -0.128. The largest absolute Gasteiger partial charge is 0.341 e. The molecule has 4 nitrogen and oxygen atoms in total. The number of piperazine rings is 1. The zero-order chi connectivity index (χ0) is 15.5. The van der Waals surface area contributed by atoms with E-state index in [2.05, 4.69) is 16.8 Å². The molecule has 2 saturated heterocycles. The van der Waals surface area contributed by atoms with Gasteiger partial charge in [-0.15, -0.1) is 0 Å². The molecule has 1 aromatic rings. The molecular formula is C17H24FN3O. The SMILES string of the molecule is CN1CCN(Cc2ccc(F)cc2)C(CN2CCCC2=O)C1. The van der Waals surface area contributed by atoms with Crippen LogP contribution in [-0.2, 0) is 11.3 Å². The lowest BCUT2D eigenvalue weighted by Crippen LogP contribution is -2.55. The average Bonchev–Trinajstić information content (AvgIpc) is 2.89. The summed E-state index contributed by atoms with van der Waals surface area (Å²) in [6.07, 6.45) is 1.68. The normalized spacial score (nSPS) is 24.2. The van der Waals surface area contributed by atoms with Gasteiger partial charge in [-0.3, -0.25) is 9.69 Å². The number of nitrogens with zero attached hydrogens (tertiary/aromatic N) is 3. The van der Waals surface area contributed by atoms with Crippen molar-refractivity contribution >= 4 is 5.91 Å². The summed E-state index contributed by atoms with van der Waals surface area (Å²) in [5, 5.41) is 0. The van der Waals surface area contributed by atoms with Gasteiger partial charge >= 0.3 is 0 Å². The highest BCUT2D eigenvalue weighted by Crippen LogP contribution is 2.18. The van der Waals surface area contributed by atoms with E-state index in [1.54, 1.807) is 0 Å². The molecule has 1 unspecified atom stereocenters. The number of likely N-dealkylation sites (tertiary alicyclic amines) is 1. The minimum absolute atomic E-state index is 0.193. The van der Waals surface area contributed by atoms with Crippen molar-refractivity contribution in [3.05, 3.63) is 35.6 Å². The Morgan fingerprint density at radius 3 is 2.64 bits per heavy atom. The first kappa shape index (κ1) is 15.4. The van der Waals surface area contributed by atoms with E-state index < -0.39 is 0 Å². The Morgan fingerprint density at radius 2 is 1.95 bits per heavy atom. The number of benzene rings is 1. The van der Waals surface area contributed by atoms with Crippen LogP contribution < -0.4 is 0 Å². The molecule has 1 amide bonds. The quantitative estimate of drug-likeness (QED) is 0.845. The zero-order valence-electron chi connectivity index (χ0n) is 13.2. The standard InChI is InChI=1S/C17H24FN3O/c1-19-9-10-20(11-14-4-6-15(18)7-5-14)16(12-19)13-21-8-2-3-17(21)22/h4-7,16H,2-3,8-13H2,1H3. The van der Waals surface area contributed by atoms with Gasteiger partial charge in [0.2, 0.25) is 5.91 Å². The van der Waals surface area contributed by atoms with Crippen LogP contribution in [-0.4, -0.2) is 66.4 Å². The minimum Gasteiger partial charge on any atom is -0.341 e. The van der Waals surface area contributed by atoms with E-state index in [1.165, 1.54) is 12.1 Å². The van der Waals surface area contributed by atoms with E-state index >= 15 is 0 Å². The minimum atomic E-state index is -0.193. The molecule has 1 atom stereocenters. The maximum absolute atomic E-state index is 13.0. The van der Waals surface area contributed by atoms with Crippen LogP contribution >= 0.6 is 0 Å². The topological polar surface area (TPSA) is 26.8 Å². The lowest BCUT2D eigenvalue weighted by Gasteiger charge is -2.41. The Bertz CT molecular complexity index is 519. The van der Waals surface area contributed by atoms with Crippen molar-refractivity contribution < 1.29 is 9.18 Å². The molecule has 0 N–H and O–H groups in total. The number of carbonyl (C=O) groups is 1. The van der Waals surface area contributed by atoms with Gasteiger partial charge in [0.05, 0.1) is 0 Å². The Kier molecular flexibility index (Phi) is 4.74. The van der Waals surface area contributed by atoms with E-state index in [1.807, 2.05) is 17.0 Å². The third-order valence-corrected chi connectivity index (χ3v) is 4.71. The van der Waals surface area contributed by atoms with Gasteiger partial charge in [0.1, 0.15) is 5.82 Å². The van der Waals surface area contributed by atoms with E-state index in [0.717, 1.165) is 51.3 Å². The molecule has 22 heavy (non-hydrogen) atoms. The summed E-state index contributed by atoms with van der Waals surface area (Å²) in [5.41, 5.74) is 1.13. The number of halogens is 1. The molecule has 0 aliphatic carbocycles. The molecule has 3 rings (SSSR count). The maximum Gasteiger partial charge on any atom is 0.222 e. The highest BCUT2D eigenvalue weighted by molar-refractivity contribution is 5.78. The van der Waals surface area contributed by atoms with E-state index in [-0.39, 0.29) is 11.7 Å². The molecule has 0 saturated carbocycles. The third-order valence-electron chi connectivity index (χ3n) is 4.71. The Hall–Kier alpha value is -1.46. The first-order valence-corrected chi connectivity index (χ1v) is 8.06. The fourth-order valence-electron chi connectivity index (χ4n) is 3.41. The summed E-state index contributed by atoms with van der Waals surface area (Å²) in [4.78, 5) is 18.6. The van der Waals surface area contributed by atoms with Crippen molar-refractivity contribution in [2.45, 2.75) is 25.4 Å². The van der Waals surface area contributed by atoms with Crippen LogP contribution in [0, 0.1) is 5.82 Å². The second-order valence-electron chi connectivity index (χ2n) is 6.46. The van der Waals surface area contributed by atoms with Crippen LogP contribution in [0.5, 0.6) is 0 Å².